The van der Waals surface area contributed by atoms with Crippen LogP contribution in [0.25, 0.3) is 0 Å². The summed E-state index contributed by atoms with van der Waals surface area (Å²) in [6.45, 7) is 2.29. The number of hydrogen-bond donors (Lipinski definition) is 3. The van der Waals surface area contributed by atoms with E-state index in [0.717, 1.165) is 11.3 Å². The predicted octanol–water partition coefficient (Wildman–Crippen LogP) is 2.01. The van der Waals surface area contributed by atoms with Crippen molar-refractivity contribution in [3.63, 3.8) is 0 Å². The van der Waals surface area contributed by atoms with Crippen LogP contribution in [0.4, 0.5) is 4.79 Å². The van der Waals surface area contributed by atoms with E-state index >= 15 is 0 Å². The lowest BCUT2D eigenvalue weighted by molar-refractivity contribution is 0.0594. The first-order valence-corrected chi connectivity index (χ1v) is 8.75. The van der Waals surface area contributed by atoms with E-state index in [2.05, 4.69) is 10.6 Å². The molecule has 1 atom stereocenters. The first-order chi connectivity index (χ1) is 10.9. The topological polar surface area (TPSA) is 79.8 Å². The van der Waals surface area contributed by atoms with Crippen molar-refractivity contribution in [2.24, 2.45) is 0 Å². The number of thioether (sulfide) groups is 1. The molecule has 0 heterocycles. The highest BCUT2D eigenvalue weighted by Crippen LogP contribution is 2.27. The molecule has 0 saturated heterocycles. The number of hydrogen-bond acceptors (Lipinski definition) is 5. The van der Waals surface area contributed by atoms with E-state index in [1.165, 1.54) is 0 Å². The van der Waals surface area contributed by atoms with Gasteiger partial charge in [0.1, 0.15) is 0 Å². The van der Waals surface area contributed by atoms with Gasteiger partial charge in [0.2, 0.25) is 0 Å². The number of carbonyl (C=O) groups is 1. The van der Waals surface area contributed by atoms with Crippen molar-refractivity contribution in [1.29, 1.82) is 0 Å². The van der Waals surface area contributed by atoms with Gasteiger partial charge in [-0.05, 0) is 43.0 Å². The number of rotatable bonds is 9. The number of aliphatic hydroxyl groups is 1. The molecule has 1 unspecified atom stereocenters. The fraction of sp³-hybridized carbons (Fsp3) is 0.562. The Kier molecular flexibility index (Phi) is 8.05. The van der Waals surface area contributed by atoms with Crippen LogP contribution in [0.5, 0.6) is 11.5 Å². The van der Waals surface area contributed by atoms with Crippen LogP contribution in [0, 0.1) is 0 Å². The molecule has 6 nitrogen and oxygen atoms in total. The number of nitrogens with one attached hydrogen (secondary N) is 2. The van der Waals surface area contributed by atoms with E-state index in [1.54, 1.807) is 39.0 Å². The number of methoxy groups -OCH3 is 2. The number of urea groups is 1. The Labute approximate surface area is 141 Å². The smallest absolute Gasteiger partial charge is 0.315 e. The van der Waals surface area contributed by atoms with Gasteiger partial charge >= 0.3 is 6.03 Å². The first-order valence-electron chi connectivity index (χ1n) is 7.36. The Morgan fingerprint density at radius 1 is 1.26 bits per heavy atom. The molecule has 1 aromatic carbocycles. The molecule has 3 N–H and O–H groups in total. The van der Waals surface area contributed by atoms with Gasteiger partial charge < -0.3 is 25.2 Å². The van der Waals surface area contributed by atoms with Gasteiger partial charge in [-0.1, -0.05) is 6.07 Å². The van der Waals surface area contributed by atoms with E-state index in [4.69, 9.17) is 9.47 Å². The third-order valence-corrected chi connectivity index (χ3v) is 3.99. The Balaban J connectivity index is 2.44. The van der Waals surface area contributed by atoms with Crippen molar-refractivity contribution >= 4 is 17.8 Å². The van der Waals surface area contributed by atoms with Crippen molar-refractivity contribution in [3.05, 3.63) is 23.8 Å². The molecular formula is C16H26N2O4S. The zero-order valence-electron chi connectivity index (χ0n) is 14.1. The summed E-state index contributed by atoms with van der Waals surface area (Å²) >= 11 is 1.67. The summed E-state index contributed by atoms with van der Waals surface area (Å²) in [5, 5.41) is 15.6. The van der Waals surface area contributed by atoms with Crippen LogP contribution in [-0.4, -0.2) is 49.5 Å². The van der Waals surface area contributed by atoms with Gasteiger partial charge in [-0.15, -0.1) is 0 Å². The summed E-state index contributed by atoms with van der Waals surface area (Å²) in [5.74, 6) is 2.11. The van der Waals surface area contributed by atoms with Crippen LogP contribution in [0.1, 0.15) is 18.9 Å². The lowest BCUT2D eigenvalue weighted by atomic mass is 10.0. The Bertz CT molecular complexity index is 509. The van der Waals surface area contributed by atoms with Gasteiger partial charge in [-0.3, -0.25) is 0 Å². The Morgan fingerprint density at radius 2 is 1.96 bits per heavy atom. The lowest BCUT2D eigenvalue weighted by Crippen LogP contribution is -2.44. The van der Waals surface area contributed by atoms with Gasteiger partial charge in [0.15, 0.2) is 11.5 Å². The fourth-order valence-corrected chi connectivity index (χ4v) is 2.56. The van der Waals surface area contributed by atoms with Crippen LogP contribution in [-0.2, 0) is 6.54 Å². The maximum atomic E-state index is 11.8. The molecule has 0 aliphatic carbocycles. The van der Waals surface area contributed by atoms with Crippen molar-refractivity contribution in [2.75, 3.05) is 32.8 Å². The molecule has 1 rings (SSSR count). The normalized spacial score (nSPS) is 13.1. The standard InChI is InChI=1S/C16H26N2O4S/c1-16(20,7-8-23-4)11-18-15(19)17-10-12-5-6-13(21-2)14(9-12)22-3/h5-6,9,20H,7-8,10-11H2,1-4H3,(H2,17,18,19). The summed E-state index contributed by atoms with van der Waals surface area (Å²) < 4.78 is 10.4. The molecule has 0 aliphatic heterocycles. The van der Waals surface area contributed by atoms with Crippen molar-refractivity contribution in [2.45, 2.75) is 25.5 Å². The highest BCUT2D eigenvalue weighted by atomic mass is 32.2. The van der Waals surface area contributed by atoms with E-state index in [-0.39, 0.29) is 12.6 Å². The largest absolute Gasteiger partial charge is 0.493 e. The molecule has 0 aromatic heterocycles. The van der Waals surface area contributed by atoms with Crippen LogP contribution < -0.4 is 20.1 Å². The maximum absolute atomic E-state index is 11.8. The van der Waals surface area contributed by atoms with Gasteiger partial charge in [-0.25, -0.2) is 4.79 Å². The zero-order valence-corrected chi connectivity index (χ0v) is 15.0. The van der Waals surface area contributed by atoms with E-state index in [0.29, 0.717) is 24.5 Å². The molecule has 1 aromatic rings. The number of carbonyl (C=O) groups excluding carboxylic acids is 1. The second-order valence-electron chi connectivity index (χ2n) is 5.47. The molecule has 130 valence electrons. The monoisotopic (exact) mass is 342 g/mol. The minimum Gasteiger partial charge on any atom is -0.493 e. The van der Waals surface area contributed by atoms with Crippen LogP contribution >= 0.6 is 11.8 Å². The van der Waals surface area contributed by atoms with Gasteiger partial charge in [0, 0.05) is 13.1 Å². The molecule has 0 radical (unpaired) electrons. The van der Waals surface area contributed by atoms with E-state index < -0.39 is 5.60 Å². The van der Waals surface area contributed by atoms with Gasteiger partial charge in [0.05, 0.1) is 19.8 Å². The van der Waals surface area contributed by atoms with E-state index in [9.17, 15) is 9.90 Å². The van der Waals surface area contributed by atoms with Crippen LogP contribution in [0.15, 0.2) is 18.2 Å². The average Bonchev–Trinajstić information content (AvgIpc) is 2.56. The molecule has 0 saturated carbocycles. The fourth-order valence-electron chi connectivity index (χ4n) is 1.92. The maximum Gasteiger partial charge on any atom is 0.315 e. The minimum absolute atomic E-state index is 0.214. The average molecular weight is 342 g/mol. The summed E-state index contributed by atoms with van der Waals surface area (Å²) in [7, 11) is 3.14. The molecule has 7 heteroatoms. The van der Waals surface area contributed by atoms with Crippen molar-refractivity contribution < 1.29 is 19.4 Å². The summed E-state index contributed by atoms with van der Waals surface area (Å²) in [4.78, 5) is 11.8. The third kappa shape index (κ3) is 7.00. The SMILES string of the molecule is COc1ccc(CNC(=O)NCC(C)(O)CCSC)cc1OC. The second-order valence-corrected chi connectivity index (χ2v) is 6.45. The van der Waals surface area contributed by atoms with Crippen LogP contribution in [0.2, 0.25) is 0 Å². The lowest BCUT2D eigenvalue weighted by Gasteiger charge is -2.23. The van der Waals surface area contributed by atoms with Crippen molar-refractivity contribution in [3.8, 4) is 11.5 Å². The minimum atomic E-state index is -0.899. The number of benzene rings is 1. The van der Waals surface area contributed by atoms with Crippen LogP contribution in [0.3, 0.4) is 0 Å². The number of ether oxygens (including phenoxy) is 2. The molecule has 0 aliphatic rings. The Morgan fingerprint density at radius 3 is 2.57 bits per heavy atom. The van der Waals surface area contributed by atoms with Gasteiger partial charge in [0.25, 0.3) is 0 Å². The Hall–Kier alpha value is -1.60. The zero-order chi connectivity index (χ0) is 17.3. The molecule has 0 spiro atoms. The summed E-state index contributed by atoms with van der Waals surface area (Å²) in [5.41, 5.74) is -0.00381. The molecule has 2 amide bonds. The molecule has 0 fully saturated rings. The molecule has 23 heavy (non-hydrogen) atoms. The molecule has 0 bridgehead atoms. The quantitative estimate of drug-likeness (QED) is 0.640. The highest BCUT2D eigenvalue weighted by molar-refractivity contribution is 7.98. The predicted molar refractivity (Wildman–Crippen MR) is 93.4 cm³/mol. The van der Waals surface area contributed by atoms with Crippen molar-refractivity contribution in [1.82, 2.24) is 10.6 Å². The molecular weight excluding hydrogens is 316 g/mol. The van der Waals surface area contributed by atoms with E-state index in [1.807, 2.05) is 18.4 Å². The first kappa shape index (κ1) is 19.4. The van der Waals surface area contributed by atoms with Gasteiger partial charge in [-0.2, -0.15) is 11.8 Å². The third-order valence-electron chi connectivity index (χ3n) is 3.38. The second kappa shape index (κ2) is 9.52. The highest BCUT2D eigenvalue weighted by Gasteiger charge is 2.20. The number of amides is 2. The summed E-state index contributed by atoms with van der Waals surface area (Å²) in [6, 6.07) is 5.15. The summed E-state index contributed by atoms with van der Waals surface area (Å²) in [6.07, 6.45) is 2.61.